The van der Waals surface area contributed by atoms with Gasteiger partial charge in [-0.1, -0.05) is 12.1 Å². The summed E-state index contributed by atoms with van der Waals surface area (Å²) in [5, 5.41) is 22.6. The molecule has 42 heavy (non-hydrogen) atoms. The molecular weight excluding hydrogens is 538 g/mol. The Bertz CT molecular complexity index is 1860. The van der Waals surface area contributed by atoms with Gasteiger partial charge in [-0.2, -0.15) is 5.26 Å². The molecule has 2 saturated heterocycles. The van der Waals surface area contributed by atoms with E-state index < -0.39 is 11.6 Å². The minimum absolute atomic E-state index is 0.0172. The van der Waals surface area contributed by atoms with Gasteiger partial charge in [-0.15, -0.1) is 5.10 Å². The van der Waals surface area contributed by atoms with Crippen molar-refractivity contribution in [3.63, 3.8) is 0 Å². The molecule has 0 saturated carbocycles. The zero-order valence-electron chi connectivity index (χ0n) is 23.4. The van der Waals surface area contributed by atoms with Crippen molar-refractivity contribution in [1.82, 2.24) is 40.2 Å². The van der Waals surface area contributed by atoms with Gasteiger partial charge in [0, 0.05) is 53.9 Å². The molecule has 0 unspecified atom stereocenters. The van der Waals surface area contributed by atoms with E-state index in [1.165, 1.54) is 12.1 Å². The number of pyridine rings is 3. The number of likely N-dealkylation sites (N-methyl/N-ethyl adjacent to an activating group) is 1. The summed E-state index contributed by atoms with van der Waals surface area (Å²) >= 11 is 0. The number of nitrogens with zero attached hydrogens (tertiary/aromatic N) is 9. The lowest BCUT2D eigenvalue weighted by Crippen LogP contribution is -2.58. The van der Waals surface area contributed by atoms with E-state index >= 15 is 4.39 Å². The normalized spacial score (nSPS) is 19.6. The third kappa shape index (κ3) is 4.23. The van der Waals surface area contributed by atoms with Crippen LogP contribution in [0.4, 0.5) is 14.6 Å². The summed E-state index contributed by atoms with van der Waals surface area (Å²) in [5.74, 6) is -0.441. The van der Waals surface area contributed by atoms with E-state index in [0.717, 1.165) is 32.6 Å². The maximum absolute atomic E-state index is 16.6. The van der Waals surface area contributed by atoms with Gasteiger partial charge in [0.05, 0.1) is 24.0 Å². The summed E-state index contributed by atoms with van der Waals surface area (Å²) in [6, 6.07) is 8.74. The lowest BCUT2D eigenvalue weighted by molar-refractivity contribution is 0.214. The first-order chi connectivity index (χ1) is 20.5. The molecule has 4 aromatic heterocycles. The summed E-state index contributed by atoms with van der Waals surface area (Å²) in [6.45, 7) is 5.28. The smallest absolute Gasteiger partial charge is 0.175 e. The first kappa shape index (κ1) is 26.6. The lowest BCUT2D eigenvalue weighted by atomic mass is 9.97. The highest BCUT2D eigenvalue weighted by Crippen LogP contribution is 2.39. The van der Waals surface area contributed by atoms with Crippen LogP contribution in [0.15, 0.2) is 36.7 Å². The highest BCUT2D eigenvalue weighted by molar-refractivity contribution is 6.08. The fourth-order valence-corrected chi connectivity index (χ4v) is 6.24. The van der Waals surface area contributed by atoms with Gasteiger partial charge >= 0.3 is 0 Å². The number of aromatic nitrogens is 6. The molecule has 0 amide bonds. The van der Waals surface area contributed by atoms with Gasteiger partial charge in [-0.25, -0.2) is 18.4 Å². The molecule has 2 fully saturated rings. The number of piperidine rings is 1. The summed E-state index contributed by atoms with van der Waals surface area (Å²) in [6.07, 6.45) is 5.08. The molecule has 1 N–H and O–H groups in total. The van der Waals surface area contributed by atoms with E-state index in [0.29, 0.717) is 57.6 Å². The van der Waals surface area contributed by atoms with Crippen LogP contribution in [-0.2, 0) is 0 Å². The molecule has 12 heteroatoms. The van der Waals surface area contributed by atoms with Crippen molar-refractivity contribution in [3.8, 4) is 17.3 Å². The van der Waals surface area contributed by atoms with E-state index in [9.17, 15) is 9.65 Å². The van der Waals surface area contributed by atoms with Gasteiger partial charge in [-0.3, -0.25) is 9.97 Å². The van der Waals surface area contributed by atoms with E-state index in [4.69, 9.17) is 4.98 Å². The Morgan fingerprint density at radius 1 is 1.12 bits per heavy atom. The van der Waals surface area contributed by atoms with Crippen molar-refractivity contribution in [1.29, 1.82) is 5.26 Å². The lowest BCUT2D eigenvalue weighted by Gasteiger charge is -2.44. The number of fused-ring (bicyclic) bond motifs is 4. The molecular formula is C30H30F2N10. The Balaban J connectivity index is 1.42. The first-order valence-electron chi connectivity index (χ1n) is 14.3. The van der Waals surface area contributed by atoms with E-state index in [1.807, 2.05) is 4.68 Å². The Labute approximate surface area is 241 Å². The maximum Gasteiger partial charge on any atom is 0.175 e. The first-order valence-corrected chi connectivity index (χ1v) is 14.3. The number of rotatable bonds is 6. The van der Waals surface area contributed by atoms with Crippen LogP contribution in [0.1, 0.15) is 32.2 Å². The fourth-order valence-electron chi connectivity index (χ4n) is 6.24. The van der Waals surface area contributed by atoms with Crippen LogP contribution in [0.5, 0.6) is 0 Å². The molecule has 0 bridgehead atoms. The van der Waals surface area contributed by atoms with Gasteiger partial charge in [0.15, 0.2) is 17.2 Å². The average molecular weight is 569 g/mol. The number of nitriles is 1. The molecule has 0 aliphatic carbocycles. The van der Waals surface area contributed by atoms with Crippen LogP contribution in [0.25, 0.3) is 44.1 Å². The molecule has 0 radical (unpaired) electrons. The largest absolute Gasteiger partial charge is 0.351 e. The van der Waals surface area contributed by atoms with Gasteiger partial charge in [-0.05, 0) is 57.2 Å². The summed E-state index contributed by atoms with van der Waals surface area (Å²) in [4.78, 5) is 18.2. The second kappa shape index (κ2) is 10.5. The Morgan fingerprint density at radius 2 is 1.98 bits per heavy atom. The van der Waals surface area contributed by atoms with Crippen molar-refractivity contribution in [2.75, 3.05) is 38.1 Å². The highest BCUT2D eigenvalue weighted by atomic mass is 19.1. The van der Waals surface area contributed by atoms with Gasteiger partial charge in [0.25, 0.3) is 0 Å². The number of hydrogen-bond donors (Lipinski definition) is 1. The average Bonchev–Trinajstić information content (AvgIpc) is 3.44. The molecule has 2 aliphatic heterocycles. The van der Waals surface area contributed by atoms with Crippen LogP contribution < -0.4 is 10.2 Å². The van der Waals surface area contributed by atoms with Crippen molar-refractivity contribution in [2.24, 2.45) is 0 Å². The van der Waals surface area contributed by atoms with Crippen LogP contribution in [0, 0.1) is 23.0 Å². The highest BCUT2D eigenvalue weighted by Gasteiger charge is 2.35. The van der Waals surface area contributed by atoms with Crippen molar-refractivity contribution in [3.05, 3.63) is 48.3 Å². The Kier molecular flexibility index (Phi) is 6.63. The van der Waals surface area contributed by atoms with E-state index in [1.54, 1.807) is 24.5 Å². The van der Waals surface area contributed by atoms with Crippen molar-refractivity contribution >= 4 is 38.7 Å². The number of hydrogen-bond acceptors (Lipinski definition) is 9. The molecule has 1 aromatic carbocycles. The molecule has 0 spiro atoms. The Hall–Kier alpha value is -4.34. The topological polar surface area (TPSA) is 112 Å². The second-order valence-electron chi connectivity index (χ2n) is 11.2. The van der Waals surface area contributed by atoms with E-state index in [2.05, 4.69) is 55.4 Å². The second-order valence-corrected chi connectivity index (χ2v) is 11.2. The van der Waals surface area contributed by atoms with Gasteiger partial charge < -0.3 is 15.1 Å². The molecule has 2 atom stereocenters. The van der Waals surface area contributed by atoms with Crippen LogP contribution in [0.2, 0.25) is 0 Å². The quantitative estimate of drug-likeness (QED) is 0.322. The number of nitrogens with one attached hydrogen (secondary N) is 1. The van der Waals surface area contributed by atoms with Crippen LogP contribution >= 0.6 is 0 Å². The summed E-state index contributed by atoms with van der Waals surface area (Å²) in [7, 11) is 2.09. The fraction of sp³-hybridized carbons (Fsp3) is 0.400. The predicted octanol–water partition coefficient (Wildman–Crippen LogP) is 4.21. The molecule has 6 heterocycles. The van der Waals surface area contributed by atoms with Crippen molar-refractivity contribution in [2.45, 2.75) is 44.3 Å². The van der Waals surface area contributed by atoms with Crippen molar-refractivity contribution < 1.29 is 8.78 Å². The summed E-state index contributed by atoms with van der Waals surface area (Å²) < 4.78 is 33.0. The number of halogens is 2. The Morgan fingerprint density at radius 3 is 2.79 bits per heavy atom. The predicted molar refractivity (Wildman–Crippen MR) is 156 cm³/mol. The van der Waals surface area contributed by atoms with Crippen LogP contribution in [-0.4, -0.2) is 80.2 Å². The summed E-state index contributed by atoms with van der Waals surface area (Å²) in [5.41, 5.74) is 2.25. The molecule has 5 aromatic rings. The van der Waals surface area contributed by atoms with E-state index in [-0.39, 0.29) is 23.3 Å². The monoisotopic (exact) mass is 568 g/mol. The number of anilines is 1. The number of benzene rings is 1. The molecule has 7 rings (SSSR count). The third-order valence-corrected chi connectivity index (χ3v) is 8.78. The third-order valence-electron chi connectivity index (χ3n) is 8.78. The van der Waals surface area contributed by atoms with Crippen LogP contribution in [0.3, 0.4) is 0 Å². The zero-order valence-corrected chi connectivity index (χ0v) is 23.4. The minimum Gasteiger partial charge on any atom is -0.351 e. The SMILES string of the molecule is CCN(C)C1CN(c2nc3c(F)c(-c4ccc(F)c5cccnc45)ncc3c3c2nnn3[C@H]2CCN[C@H](CC#N)C2)C1. The molecule has 214 valence electrons. The van der Waals surface area contributed by atoms with Gasteiger partial charge in [0.1, 0.15) is 22.5 Å². The molecule has 10 nitrogen and oxygen atoms in total. The minimum atomic E-state index is -0.600. The standard InChI is InChI=1S/C30H30F2N10/c1-3-40(2)19-15-41(16-19)30-28-29(42(39-38-28)18-9-12-34-17(13-18)8-10-33)22-14-36-26(24(32)27(22)37-30)21-6-7-23(31)20-5-4-11-35-25(20)21/h4-7,11,14,17-19,34H,3,8-9,12-13,15-16H2,1-2H3/t17-,18+/m1/s1. The molecule has 2 aliphatic rings. The maximum atomic E-state index is 16.6. The van der Waals surface area contributed by atoms with Gasteiger partial charge in [0.2, 0.25) is 0 Å². The zero-order chi connectivity index (χ0) is 29.0.